The van der Waals surface area contributed by atoms with Crippen molar-refractivity contribution in [3.05, 3.63) is 53.9 Å². The Morgan fingerprint density at radius 1 is 1.09 bits per heavy atom. The molecule has 0 saturated heterocycles. The van der Waals surface area contributed by atoms with Crippen LogP contribution < -0.4 is 9.47 Å². The molecule has 5 nitrogen and oxygen atoms in total. The molecule has 4 rings (SSSR count). The Hall–Kier alpha value is -3.00. The van der Waals surface area contributed by atoms with Crippen LogP contribution in [0.2, 0.25) is 0 Å². The lowest BCUT2D eigenvalue weighted by Crippen LogP contribution is -2.04. The van der Waals surface area contributed by atoms with Gasteiger partial charge >= 0.3 is 0 Å². The van der Waals surface area contributed by atoms with Gasteiger partial charge in [0, 0.05) is 18.6 Å². The second kappa shape index (κ2) is 5.65. The highest BCUT2D eigenvalue weighted by atomic mass is 16.7. The number of fused-ring (bicyclic) bond motifs is 2. The van der Waals surface area contributed by atoms with Crippen LogP contribution >= 0.6 is 0 Å². The molecule has 1 aromatic heterocycles. The van der Waals surface area contributed by atoms with Gasteiger partial charge in [-0.25, -0.2) is 4.98 Å². The number of hydrogen-bond acceptors (Lipinski definition) is 4. The van der Waals surface area contributed by atoms with Crippen LogP contribution in [-0.2, 0) is 19.4 Å². The Kier molecular flexibility index (Phi) is 3.35. The van der Waals surface area contributed by atoms with Gasteiger partial charge in [0.1, 0.15) is 12.4 Å². The lowest BCUT2D eigenvalue weighted by molar-refractivity contribution is 0.174. The van der Waals surface area contributed by atoms with Crippen LogP contribution in [0, 0.1) is 11.3 Å². The van der Waals surface area contributed by atoms with Gasteiger partial charge in [-0.2, -0.15) is 5.26 Å². The molecule has 0 atom stereocenters. The minimum atomic E-state index is 0.237. The molecule has 5 heteroatoms. The van der Waals surface area contributed by atoms with Crippen molar-refractivity contribution in [3.63, 3.8) is 0 Å². The molecule has 0 saturated carbocycles. The van der Waals surface area contributed by atoms with Crippen LogP contribution in [0.4, 0.5) is 0 Å². The summed E-state index contributed by atoms with van der Waals surface area (Å²) < 4.78 is 12.8. The van der Waals surface area contributed by atoms with Crippen LogP contribution in [0.1, 0.15) is 11.4 Å². The molecule has 0 radical (unpaired) electrons. The number of nitrogens with zero attached hydrogens (tertiary/aromatic N) is 3. The summed E-state index contributed by atoms with van der Waals surface area (Å²) in [6.45, 7) is 0.515. The van der Waals surface area contributed by atoms with E-state index in [0.717, 1.165) is 29.7 Å². The van der Waals surface area contributed by atoms with Gasteiger partial charge in [-0.15, -0.1) is 0 Å². The van der Waals surface area contributed by atoms with Gasteiger partial charge in [0.15, 0.2) is 11.5 Å². The van der Waals surface area contributed by atoms with Gasteiger partial charge < -0.3 is 14.0 Å². The van der Waals surface area contributed by atoms with Crippen molar-refractivity contribution in [2.75, 3.05) is 6.79 Å². The molecule has 0 amide bonds. The van der Waals surface area contributed by atoms with E-state index in [1.807, 2.05) is 34.9 Å². The number of rotatable bonds is 4. The number of nitriles is 1. The standard InChI is InChI=1S/C18H15N3O2/c19-8-9-21-15-11-17-16(22-12-23-17)10-14(15)20-18(21)7-6-13-4-2-1-3-5-13/h1-5,10-11H,6-7,9,12H2. The van der Waals surface area contributed by atoms with Crippen LogP contribution in [-0.4, -0.2) is 16.3 Å². The predicted octanol–water partition coefficient (Wildman–Crippen LogP) is 3.07. The first-order chi connectivity index (χ1) is 11.3. The van der Waals surface area contributed by atoms with Gasteiger partial charge in [-0.1, -0.05) is 30.3 Å². The van der Waals surface area contributed by atoms with Crippen LogP contribution in [0.15, 0.2) is 42.5 Å². The highest BCUT2D eigenvalue weighted by Gasteiger charge is 2.19. The highest BCUT2D eigenvalue weighted by molar-refractivity contribution is 5.81. The fraction of sp³-hybridized carbons (Fsp3) is 0.222. The normalized spacial score (nSPS) is 12.5. The van der Waals surface area contributed by atoms with Crippen molar-refractivity contribution in [1.82, 2.24) is 9.55 Å². The molecule has 1 aliphatic heterocycles. The van der Waals surface area contributed by atoms with E-state index >= 15 is 0 Å². The van der Waals surface area contributed by atoms with Gasteiger partial charge in [-0.05, 0) is 12.0 Å². The molecule has 0 N–H and O–H groups in total. The number of hydrogen-bond donors (Lipinski definition) is 0. The number of ether oxygens (including phenoxy) is 2. The second-order valence-corrected chi connectivity index (χ2v) is 5.45. The Balaban J connectivity index is 1.71. The molecule has 1 aliphatic rings. The largest absolute Gasteiger partial charge is 0.454 e. The second-order valence-electron chi connectivity index (χ2n) is 5.45. The lowest BCUT2D eigenvalue weighted by atomic mass is 10.1. The smallest absolute Gasteiger partial charge is 0.231 e. The third kappa shape index (κ3) is 2.49. The third-order valence-electron chi connectivity index (χ3n) is 4.03. The third-order valence-corrected chi connectivity index (χ3v) is 4.03. The molecule has 2 heterocycles. The fourth-order valence-electron chi connectivity index (χ4n) is 2.90. The van der Waals surface area contributed by atoms with E-state index in [-0.39, 0.29) is 13.3 Å². The predicted molar refractivity (Wildman–Crippen MR) is 85.3 cm³/mol. The fourth-order valence-corrected chi connectivity index (χ4v) is 2.90. The average molecular weight is 305 g/mol. The van der Waals surface area contributed by atoms with E-state index in [1.54, 1.807) is 0 Å². The first kappa shape index (κ1) is 13.6. The average Bonchev–Trinajstić information content (AvgIpc) is 3.16. The molecular formula is C18H15N3O2. The number of aryl methyl sites for hydroxylation is 2. The maximum Gasteiger partial charge on any atom is 0.231 e. The van der Waals surface area contributed by atoms with Crippen LogP contribution in [0.5, 0.6) is 11.5 Å². The van der Waals surface area contributed by atoms with E-state index in [2.05, 4.69) is 18.2 Å². The van der Waals surface area contributed by atoms with E-state index in [4.69, 9.17) is 19.7 Å². The zero-order valence-electron chi connectivity index (χ0n) is 12.5. The molecule has 3 aromatic rings. The first-order valence-electron chi connectivity index (χ1n) is 7.55. The van der Waals surface area contributed by atoms with Crippen molar-refractivity contribution in [2.24, 2.45) is 0 Å². The Bertz CT molecular complexity index is 894. The topological polar surface area (TPSA) is 60.1 Å². The van der Waals surface area contributed by atoms with E-state index < -0.39 is 0 Å². The zero-order chi connectivity index (χ0) is 15.6. The summed E-state index contributed by atoms with van der Waals surface area (Å²) in [6.07, 6.45) is 1.68. The zero-order valence-corrected chi connectivity index (χ0v) is 12.5. The van der Waals surface area contributed by atoms with Gasteiger partial charge in [-0.3, -0.25) is 0 Å². The van der Waals surface area contributed by atoms with E-state index in [9.17, 15) is 0 Å². The van der Waals surface area contributed by atoms with Crippen LogP contribution in [0.25, 0.3) is 11.0 Å². The number of imidazole rings is 1. The maximum absolute atomic E-state index is 9.15. The van der Waals surface area contributed by atoms with Crippen molar-refractivity contribution in [1.29, 1.82) is 5.26 Å². The summed E-state index contributed by atoms with van der Waals surface area (Å²) in [4.78, 5) is 4.70. The molecule has 2 aromatic carbocycles. The molecule has 114 valence electrons. The number of benzene rings is 2. The first-order valence-corrected chi connectivity index (χ1v) is 7.55. The minimum absolute atomic E-state index is 0.237. The molecule has 0 aliphatic carbocycles. The minimum Gasteiger partial charge on any atom is -0.454 e. The van der Waals surface area contributed by atoms with Crippen molar-refractivity contribution < 1.29 is 9.47 Å². The lowest BCUT2D eigenvalue weighted by Gasteiger charge is -2.05. The monoisotopic (exact) mass is 305 g/mol. The molecule has 0 bridgehead atoms. The summed E-state index contributed by atoms with van der Waals surface area (Å²) in [5.74, 6) is 2.34. The Labute approximate surface area is 133 Å². The molecular weight excluding hydrogens is 290 g/mol. The number of aromatic nitrogens is 2. The Morgan fingerprint density at radius 2 is 1.87 bits per heavy atom. The summed E-state index contributed by atoms with van der Waals surface area (Å²) in [5.41, 5.74) is 3.02. The highest BCUT2D eigenvalue weighted by Crippen LogP contribution is 2.36. The van der Waals surface area contributed by atoms with Crippen LogP contribution in [0.3, 0.4) is 0 Å². The SMILES string of the molecule is N#CCn1c(CCc2ccccc2)nc2cc3c(cc21)OCO3. The van der Waals surface area contributed by atoms with Gasteiger partial charge in [0.2, 0.25) is 6.79 Å². The van der Waals surface area contributed by atoms with Crippen molar-refractivity contribution in [2.45, 2.75) is 19.4 Å². The molecule has 0 unspecified atom stereocenters. The maximum atomic E-state index is 9.15. The van der Waals surface area contributed by atoms with E-state index in [1.165, 1.54) is 5.56 Å². The summed E-state index contributed by atoms with van der Waals surface area (Å²) >= 11 is 0. The summed E-state index contributed by atoms with van der Waals surface area (Å²) in [5, 5.41) is 9.15. The van der Waals surface area contributed by atoms with Gasteiger partial charge in [0.25, 0.3) is 0 Å². The van der Waals surface area contributed by atoms with E-state index in [0.29, 0.717) is 11.5 Å². The van der Waals surface area contributed by atoms with Crippen molar-refractivity contribution >= 4 is 11.0 Å². The Morgan fingerprint density at radius 3 is 2.65 bits per heavy atom. The summed E-state index contributed by atoms with van der Waals surface area (Å²) in [7, 11) is 0. The summed E-state index contributed by atoms with van der Waals surface area (Å²) in [6, 6.07) is 16.3. The quantitative estimate of drug-likeness (QED) is 0.743. The van der Waals surface area contributed by atoms with Crippen molar-refractivity contribution in [3.8, 4) is 17.6 Å². The molecule has 0 spiro atoms. The molecule has 23 heavy (non-hydrogen) atoms. The van der Waals surface area contributed by atoms with Gasteiger partial charge in [0.05, 0.1) is 17.1 Å². The molecule has 0 fully saturated rings.